The highest BCUT2D eigenvalue weighted by Gasteiger charge is 2.37. The Morgan fingerprint density at radius 1 is 1.30 bits per heavy atom. The quantitative estimate of drug-likeness (QED) is 0.856. The van der Waals surface area contributed by atoms with Gasteiger partial charge in [-0.3, -0.25) is 4.79 Å². The molecule has 1 N–H and O–H groups in total. The smallest absolute Gasteiger partial charge is 0.341 e. The standard InChI is InChI=1S/C12H20F3N3O2/c1-3-17(4-2)10(19)9-6-5-7-18(9)11(20)16-8-12(13,14)15/h9H,3-8H2,1-2H3,(H,16,20)/t9-/m0/s1. The molecule has 1 fully saturated rings. The maximum absolute atomic E-state index is 12.2. The van der Waals surface area contributed by atoms with Crippen molar-refractivity contribution in [1.82, 2.24) is 15.1 Å². The van der Waals surface area contributed by atoms with Gasteiger partial charge in [-0.15, -0.1) is 0 Å². The molecule has 0 aromatic heterocycles. The second kappa shape index (κ2) is 6.81. The van der Waals surface area contributed by atoms with Crippen LogP contribution in [-0.4, -0.2) is 60.1 Å². The van der Waals surface area contributed by atoms with Crippen LogP contribution in [0.5, 0.6) is 0 Å². The summed E-state index contributed by atoms with van der Waals surface area (Å²) in [4.78, 5) is 26.7. The van der Waals surface area contributed by atoms with Crippen LogP contribution < -0.4 is 5.32 Å². The topological polar surface area (TPSA) is 52.7 Å². The predicted octanol–water partition coefficient (Wildman–Crippen LogP) is 1.59. The fourth-order valence-electron chi connectivity index (χ4n) is 2.29. The van der Waals surface area contributed by atoms with E-state index in [1.54, 1.807) is 4.90 Å². The number of nitrogens with zero attached hydrogens (tertiary/aromatic N) is 2. The molecule has 8 heteroatoms. The Morgan fingerprint density at radius 2 is 1.90 bits per heavy atom. The zero-order chi connectivity index (χ0) is 15.3. The summed E-state index contributed by atoms with van der Waals surface area (Å²) in [5.41, 5.74) is 0. The van der Waals surface area contributed by atoms with Gasteiger partial charge in [-0.2, -0.15) is 13.2 Å². The van der Waals surface area contributed by atoms with Crippen molar-refractivity contribution in [3.63, 3.8) is 0 Å². The summed E-state index contributed by atoms with van der Waals surface area (Å²) in [7, 11) is 0. The van der Waals surface area contributed by atoms with Crippen LogP contribution >= 0.6 is 0 Å². The number of carbonyl (C=O) groups excluding carboxylic acids is 2. The first-order valence-electron chi connectivity index (χ1n) is 6.70. The highest BCUT2D eigenvalue weighted by molar-refractivity contribution is 5.87. The maximum Gasteiger partial charge on any atom is 0.405 e. The average molecular weight is 295 g/mol. The van der Waals surface area contributed by atoms with Gasteiger partial charge in [-0.05, 0) is 26.7 Å². The SMILES string of the molecule is CCN(CC)C(=O)[C@@H]1CCCN1C(=O)NCC(F)(F)F. The van der Waals surface area contributed by atoms with Gasteiger partial charge in [-0.1, -0.05) is 0 Å². The summed E-state index contributed by atoms with van der Waals surface area (Å²) in [6, 6.07) is -1.48. The van der Waals surface area contributed by atoms with Gasteiger partial charge in [0.1, 0.15) is 12.6 Å². The molecule has 3 amide bonds. The minimum absolute atomic E-state index is 0.199. The second-order valence-electron chi connectivity index (χ2n) is 4.64. The van der Waals surface area contributed by atoms with Crippen molar-refractivity contribution in [3.8, 4) is 0 Å². The minimum atomic E-state index is -4.45. The van der Waals surface area contributed by atoms with E-state index in [2.05, 4.69) is 0 Å². The predicted molar refractivity (Wildman–Crippen MR) is 67.1 cm³/mol. The van der Waals surface area contributed by atoms with E-state index in [4.69, 9.17) is 0 Å². The summed E-state index contributed by atoms with van der Waals surface area (Å²) in [6.07, 6.45) is -3.33. The van der Waals surface area contributed by atoms with Crippen molar-refractivity contribution in [3.05, 3.63) is 0 Å². The molecule has 0 aliphatic carbocycles. The van der Waals surface area contributed by atoms with E-state index in [0.29, 0.717) is 32.5 Å². The highest BCUT2D eigenvalue weighted by Crippen LogP contribution is 2.20. The molecule has 1 atom stereocenters. The molecule has 0 unspecified atom stereocenters. The lowest BCUT2D eigenvalue weighted by Crippen LogP contribution is -2.51. The van der Waals surface area contributed by atoms with E-state index in [1.165, 1.54) is 4.90 Å². The number of carbonyl (C=O) groups is 2. The number of likely N-dealkylation sites (tertiary alicyclic amines) is 1. The fraction of sp³-hybridized carbons (Fsp3) is 0.833. The number of alkyl halides is 3. The first-order chi connectivity index (χ1) is 9.30. The molecule has 1 heterocycles. The fourth-order valence-corrected chi connectivity index (χ4v) is 2.29. The first-order valence-corrected chi connectivity index (χ1v) is 6.70. The number of halogens is 3. The van der Waals surface area contributed by atoms with E-state index in [0.717, 1.165) is 0 Å². The first kappa shape index (κ1) is 16.6. The van der Waals surface area contributed by atoms with Crippen molar-refractivity contribution in [2.24, 2.45) is 0 Å². The molecule has 0 aromatic carbocycles. The van der Waals surface area contributed by atoms with Crippen LogP contribution in [0.25, 0.3) is 0 Å². The molecule has 5 nitrogen and oxygen atoms in total. The summed E-state index contributed by atoms with van der Waals surface area (Å²) in [5.74, 6) is -0.199. The Kier molecular flexibility index (Phi) is 5.64. The molecule has 0 spiro atoms. The van der Waals surface area contributed by atoms with Gasteiger partial charge in [0.15, 0.2) is 0 Å². The molecule has 1 aliphatic rings. The molecular weight excluding hydrogens is 275 g/mol. The average Bonchev–Trinajstić information content (AvgIpc) is 2.85. The van der Waals surface area contributed by atoms with Crippen molar-refractivity contribution >= 4 is 11.9 Å². The Labute approximate surface area is 116 Å². The molecule has 1 rings (SSSR count). The molecule has 1 saturated heterocycles. The van der Waals surface area contributed by atoms with Crippen LogP contribution in [-0.2, 0) is 4.79 Å². The van der Waals surface area contributed by atoms with Crippen LogP contribution in [0, 0.1) is 0 Å². The highest BCUT2D eigenvalue weighted by atomic mass is 19.4. The maximum atomic E-state index is 12.2. The van der Waals surface area contributed by atoms with Crippen molar-refractivity contribution < 1.29 is 22.8 Å². The van der Waals surface area contributed by atoms with E-state index < -0.39 is 24.8 Å². The van der Waals surface area contributed by atoms with Gasteiger partial charge in [-0.25, -0.2) is 4.79 Å². The Hall–Kier alpha value is -1.47. The molecular formula is C12H20F3N3O2. The van der Waals surface area contributed by atoms with E-state index in [-0.39, 0.29) is 5.91 Å². The van der Waals surface area contributed by atoms with Crippen LogP contribution in [0.15, 0.2) is 0 Å². The molecule has 0 radical (unpaired) electrons. The molecule has 0 saturated carbocycles. The monoisotopic (exact) mass is 295 g/mol. The Balaban J connectivity index is 2.64. The van der Waals surface area contributed by atoms with Gasteiger partial charge in [0.25, 0.3) is 0 Å². The Morgan fingerprint density at radius 3 is 2.40 bits per heavy atom. The molecule has 116 valence electrons. The van der Waals surface area contributed by atoms with Gasteiger partial charge >= 0.3 is 12.2 Å². The molecule has 0 bridgehead atoms. The van der Waals surface area contributed by atoms with Gasteiger partial charge in [0, 0.05) is 19.6 Å². The number of hydrogen-bond donors (Lipinski definition) is 1. The minimum Gasteiger partial charge on any atom is -0.341 e. The summed E-state index contributed by atoms with van der Waals surface area (Å²) >= 11 is 0. The van der Waals surface area contributed by atoms with E-state index in [1.807, 2.05) is 19.2 Å². The van der Waals surface area contributed by atoms with Gasteiger partial charge in [0.05, 0.1) is 0 Å². The number of nitrogens with one attached hydrogen (secondary N) is 1. The van der Waals surface area contributed by atoms with Crippen molar-refractivity contribution in [2.75, 3.05) is 26.2 Å². The number of hydrogen-bond acceptors (Lipinski definition) is 2. The lowest BCUT2D eigenvalue weighted by molar-refractivity contribution is -0.134. The van der Waals surface area contributed by atoms with Crippen molar-refractivity contribution in [2.45, 2.75) is 38.9 Å². The third-order valence-electron chi connectivity index (χ3n) is 3.31. The molecule has 0 aromatic rings. The van der Waals surface area contributed by atoms with Gasteiger partial charge < -0.3 is 15.1 Å². The van der Waals surface area contributed by atoms with Gasteiger partial charge in [0.2, 0.25) is 5.91 Å². The number of rotatable bonds is 4. The summed E-state index contributed by atoms with van der Waals surface area (Å²) in [5, 5.41) is 1.82. The van der Waals surface area contributed by atoms with Crippen LogP contribution in [0.4, 0.5) is 18.0 Å². The lowest BCUT2D eigenvalue weighted by atomic mass is 10.2. The number of amides is 3. The summed E-state index contributed by atoms with van der Waals surface area (Å²) in [6.45, 7) is 3.61. The zero-order valence-electron chi connectivity index (χ0n) is 11.7. The second-order valence-corrected chi connectivity index (χ2v) is 4.64. The number of urea groups is 1. The van der Waals surface area contributed by atoms with Crippen LogP contribution in [0.2, 0.25) is 0 Å². The molecule has 20 heavy (non-hydrogen) atoms. The van der Waals surface area contributed by atoms with Crippen molar-refractivity contribution in [1.29, 1.82) is 0 Å². The number of likely N-dealkylation sites (N-methyl/N-ethyl adjacent to an activating group) is 1. The Bertz CT molecular complexity index is 356. The third-order valence-corrected chi connectivity index (χ3v) is 3.31. The largest absolute Gasteiger partial charge is 0.405 e. The summed E-state index contributed by atoms with van der Waals surface area (Å²) < 4.78 is 36.3. The van der Waals surface area contributed by atoms with E-state index >= 15 is 0 Å². The van der Waals surface area contributed by atoms with Crippen LogP contribution in [0.1, 0.15) is 26.7 Å². The third kappa shape index (κ3) is 4.28. The zero-order valence-corrected chi connectivity index (χ0v) is 11.7. The van der Waals surface area contributed by atoms with E-state index in [9.17, 15) is 22.8 Å². The molecule has 1 aliphatic heterocycles. The lowest BCUT2D eigenvalue weighted by Gasteiger charge is -2.29. The normalized spacial score (nSPS) is 19.1. The van der Waals surface area contributed by atoms with Crippen LogP contribution in [0.3, 0.4) is 0 Å².